The molecular weight excluding hydrogens is 492 g/mol. The smallest absolute Gasteiger partial charge is 0.326 e. The molecule has 0 fully saturated rings. The lowest BCUT2D eigenvalue weighted by Gasteiger charge is -2.25. The lowest BCUT2D eigenvalue weighted by Crippen LogP contribution is -2.58. The summed E-state index contributed by atoms with van der Waals surface area (Å²) in [6, 6.07) is 1.89. The van der Waals surface area contributed by atoms with Gasteiger partial charge in [0.05, 0.1) is 6.04 Å². The summed E-state index contributed by atoms with van der Waals surface area (Å²) in [6.07, 6.45) is 2.87. The molecule has 0 spiro atoms. The van der Waals surface area contributed by atoms with Gasteiger partial charge in [-0.15, -0.1) is 0 Å². The Morgan fingerprint density at radius 3 is 2.06 bits per heavy atom. The van der Waals surface area contributed by atoms with E-state index in [1.807, 2.05) is 20.1 Å². The second-order valence-electron chi connectivity index (χ2n) is 8.27. The molecule has 7 N–H and O–H groups in total. The number of amides is 3. The highest BCUT2D eigenvalue weighted by Crippen LogP contribution is 2.12. The first-order valence-electron chi connectivity index (χ1n) is 11.3. The van der Waals surface area contributed by atoms with Crippen molar-refractivity contribution in [2.45, 2.75) is 57.3 Å². The van der Waals surface area contributed by atoms with Crippen LogP contribution in [0.1, 0.15) is 32.3 Å². The number of rotatable bonds is 15. The molecule has 0 saturated heterocycles. The molecule has 0 bridgehead atoms. The van der Waals surface area contributed by atoms with E-state index in [9.17, 15) is 29.4 Å². The predicted molar refractivity (Wildman–Crippen MR) is 140 cm³/mol. The van der Waals surface area contributed by atoms with Gasteiger partial charge in [0.25, 0.3) is 0 Å². The first-order chi connectivity index (χ1) is 16.5. The highest BCUT2D eigenvalue weighted by molar-refractivity contribution is 7.98. The van der Waals surface area contributed by atoms with Crippen LogP contribution in [0.15, 0.2) is 24.3 Å². The Hall–Kier alpha value is -2.44. The van der Waals surface area contributed by atoms with Crippen LogP contribution in [0.2, 0.25) is 0 Å². The fourth-order valence-electron chi connectivity index (χ4n) is 3.09. The molecule has 10 nitrogen and oxygen atoms in total. The van der Waals surface area contributed by atoms with E-state index in [1.54, 1.807) is 12.1 Å². The van der Waals surface area contributed by atoms with Gasteiger partial charge in [-0.3, -0.25) is 14.4 Å². The van der Waals surface area contributed by atoms with Crippen molar-refractivity contribution in [2.24, 2.45) is 11.7 Å². The average Bonchev–Trinajstić information content (AvgIpc) is 2.84. The van der Waals surface area contributed by atoms with Crippen LogP contribution in [-0.4, -0.2) is 75.8 Å². The Labute approximate surface area is 215 Å². The number of thiol groups is 1. The molecule has 0 saturated carbocycles. The molecule has 196 valence electrons. The standard InChI is InChI=1S/C23H36N4O6S2/c1-4-13(2)19(24)22(31)25-16(9-10-35-3)20(29)27-18(12-34)21(30)26-17(23(32)33)11-14-5-7-15(28)8-6-14/h5-8,13,16-19,28,34H,4,9-12,24H2,1-3H3,(H,25,31)(H,26,30)(H,27,29)(H,32,33). The van der Waals surface area contributed by atoms with E-state index < -0.39 is 47.9 Å². The number of nitrogens with one attached hydrogen (secondary N) is 3. The third kappa shape index (κ3) is 10.4. The quantitative estimate of drug-likeness (QED) is 0.162. The second kappa shape index (κ2) is 15.5. The minimum atomic E-state index is -1.26. The average molecular weight is 529 g/mol. The zero-order valence-electron chi connectivity index (χ0n) is 20.2. The van der Waals surface area contributed by atoms with Crippen LogP contribution in [0.5, 0.6) is 5.75 Å². The molecule has 1 rings (SSSR count). The van der Waals surface area contributed by atoms with Gasteiger partial charge in [-0.25, -0.2) is 4.79 Å². The molecule has 5 atom stereocenters. The molecule has 35 heavy (non-hydrogen) atoms. The summed E-state index contributed by atoms with van der Waals surface area (Å²) in [4.78, 5) is 49.9. The van der Waals surface area contributed by atoms with Crippen molar-refractivity contribution in [3.8, 4) is 5.75 Å². The highest BCUT2D eigenvalue weighted by atomic mass is 32.2. The van der Waals surface area contributed by atoms with Crippen LogP contribution in [0.3, 0.4) is 0 Å². The van der Waals surface area contributed by atoms with Crippen molar-refractivity contribution in [3.05, 3.63) is 29.8 Å². The van der Waals surface area contributed by atoms with Gasteiger partial charge >= 0.3 is 5.97 Å². The van der Waals surface area contributed by atoms with Crippen molar-refractivity contribution in [2.75, 3.05) is 17.8 Å². The number of benzene rings is 1. The molecule has 0 aromatic heterocycles. The van der Waals surface area contributed by atoms with Crippen LogP contribution in [0, 0.1) is 5.92 Å². The van der Waals surface area contributed by atoms with Gasteiger partial charge in [0.1, 0.15) is 23.9 Å². The maximum Gasteiger partial charge on any atom is 0.326 e. The number of hydrogen-bond acceptors (Lipinski definition) is 8. The van der Waals surface area contributed by atoms with Gasteiger partial charge in [-0.05, 0) is 42.0 Å². The highest BCUT2D eigenvalue weighted by Gasteiger charge is 2.30. The number of phenols is 1. The molecule has 0 aliphatic heterocycles. The number of carboxylic acids is 1. The molecule has 5 unspecified atom stereocenters. The van der Waals surface area contributed by atoms with Gasteiger partial charge in [-0.2, -0.15) is 24.4 Å². The largest absolute Gasteiger partial charge is 0.508 e. The van der Waals surface area contributed by atoms with Crippen molar-refractivity contribution in [1.29, 1.82) is 0 Å². The van der Waals surface area contributed by atoms with Gasteiger partial charge in [0.15, 0.2) is 0 Å². The van der Waals surface area contributed by atoms with E-state index in [4.69, 9.17) is 5.73 Å². The number of phenolic OH excluding ortho intramolecular Hbond substituents is 1. The van der Waals surface area contributed by atoms with Gasteiger partial charge in [0.2, 0.25) is 17.7 Å². The Kier molecular flexibility index (Phi) is 13.6. The number of aliphatic carboxylic acids is 1. The van der Waals surface area contributed by atoms with E-state index in [1.165, 1.54) is 23.9 Å². The Bertz CT molecular complexity index is 855. The molecule has 0 aliphatic carbocycles. The van der Waals surface area contributed by atoms with Crippen molar-refractivity contribution >= 4 is 48.1 Å². The molecule has 1 aromatic rings. The molecule has 1 aromatic carbocycles. The molecular formula is C23H36N4O6S2. The minimum absolute atomic E-state index is 0.0193. The first-order valence-corrected chi connectivity index (χ1v) is 13.3. The summed E-state index contributed by atoms with van der Waals surface area (Å²) in [5.41, 5.74) is 6.58. The third-order valence-corrected chi connectivity index (χ3v) is 6.62. The Balaban J connectivity index is 2.87. The van der Waals surface area contributed by atoms with Crippen LogP contribution >= 0.6 is 24.4 Å². The summed E-state index contributed by atoms with van der Waals surface area (Å²) < 4.78 is 0. The second-order valence-corrected chi connectivity index (χ2v) is 9.62. The maximum atomic E-state index is 12.9. The number of nitrogens with two attached hydrogens (primary N) is 1. The monoisotopic (exact) mass is 528 g/mol. The fraction of sp³-hybridized carbons (Fsp3) is 0.565. The lowest BCUT2D eigenvalue weighted by atomic mass is 9.99. The first kappa shape index (κ1) is 30.6. The van der Waals surface area contributed by atoms with Gasteiger partial charge in [0, 0.05) is 12.2 Å². The summed E-state index contributed by atoms with van der Waals surface area (Å²) in [7, 11) is 0. The van der Waals surface area contributed by atoms with Crippen molar-refractivity contribution in [3.63, 3.8) is 0 Å². The molecule has 3 amide bonds. The number of carbonyl (C=O) groups excluding carboxylic acids is 3. The number of thioether (sulfide) groups is 1. The Morgan fingerprint density at radius 1 is 1.00 bits per heavy atom. The van der Waals surface area contributed by atoms with Crippen molar-refractivity contribution in [1.82, 2.24) is 16.0 Å². The zero-order chi connectivity index (χ0) is 26.5. The number of carbonyl (C=O) groups is 4. The number of hydrogen-bond donors (Lipinski definition) is 7. The normalized spacial score (nSPS) is 15.2. The summed E-state index contributed by atoms with van der Waals surface area (Å²) in [5, 5.41) is 26.6. The van der Waals surface area contributed by atoms with Crippen LogP contribution in [-0.2, 0) is 25.6 Å². The fourth-order valence-corrected chi connectivity index (χ4v) is 3.82. The van der Waals surface area contributed by atoms with Gasteiger partial charge in [-0.1, -0.05) is 32.4 Å². The SMILES string of the molecule is CCC(C)C(N)C(=O)NC(CCSC)C(=O)NC(CS)C(=O)NC(Cc1ccc(O)cc1)C(=O)O. The maximum absolute atomic E-state index is 12.9. The molecule has 0 heterocycles. The predicted octanol–water partition coefficient (Wildman–Crippen LogP) is 0.530. The molecule has 12 heteroatoms. The van der Waals surface area contributed by atoms with Crippen LogP contribution in [0.25, 0.3) is 0 Å². The minimum Gasteiger partial charge on any atom is -0.508 e. The van der Waals surface area contributed by atoms with E-state index in [0.29, 0.717) is 24.2 Å². The topological polar surface area (TPSA) is 171 Å². The van der Waals surface area contributed by atoms with E-state index >= 15 is 0 Å². The number of aromatic hydroxyl groups is 1. The summed E-state index contributed by atoms with van der Waals surface area (Å²) in [6.45, 7) is 3.76. The van der Waals surface area contributed by atoms with E-state index in [2.05, 4.69) is 28.6 Å². The zero-order valence-corrected chi connectivity index (χ0v) is 21.9. The van der Waals surface area contributed by atoms with E-state index in [0.717, 1.165) is 0 Å². The van der Waals surface area contributed by atoms with Crippen LogP contribution < -0.4 is 21.7 Å². The summed E-state index contributed by atoms with van der Waals surface area (Å²) >= 11 is 5.63. The third-order valence-electron chi connectivity index (χ3n) is 5.61. The Morgan fingerprint density at radius 2 is 1.54 bits per heavy atom. The molecule has 0 aliphatic rings. The lowest BCUT2D eigenvalue weighted by molar-refractivity contribution is -0.142. The summed E-state index contributed by atoms with van der Waals surface area (Å²) in [5.74, 6) is -2.53. The van der Waals surface area contributed by atoms with Gasteiger partial charge < -0.3 is 31.9 Å². The van der Waals surface area contributed by atoms with E-state index in [-0.39, 0.29) is 23.8 Å². The van der Waals surface area contributed by atoms with Crippen molar-refractivity contribution < 1.29 is 29.4 Å². The molecule has 0 radical (unpaired) electrons. The number of carboxylic acid groups (broad SMARTS) is 1. The van der Waals surface area contributed by atoms with Crippen LogP contribution in [0.4, 0.5) is 0 Å².